The zero-order chi connectivity index (χ0) is 24.9. The van der Waals surface area contributed by atoms with Crippen LogP contribution in [-0.4, -0.2) is 70.7 Å². The summed E-state index contributed by atoms with van der Waals surface area (Å²) in [7, 11) is 0. The molecule has 0 aromatic heterocycles. The number of carbonyl (C=O) groups excluding carboxylic acids is 2. The minimum Gasteiger partial charge on any atom is -0.507 e. The van der Waals surface area contributed by atoms with Crippen molar-refractivity contribution in [2.45, 2.75) is 57.3 Å². The largest absolute Gasteiger partial charge is 0.507 e. The molecule has 2 N–H and O–H groups in total. The Bertz CT molecular complexity index is 1060. The molecule has 1 aromatic rings. The zero-order valence-electron chi connectivity index (χ0n) is 19.5. The first-order chi connectivity index (χ1) is 16.8. The second kappa shape index (κ2) is 11.1. The van der Waals surface area contributed by atoms with Gasteiger partial charge in [0.1, 0.15) is 29.3 Å². The van der Waals surface area contributed by atoms with Crippen molar-refractivity contribution in [2.75, 3.05) is 19.7 Å². The molecule has 3 aliphatic rings. The van der Waals surface area contributed by atoms with Crippen molar-refractivity contribution in [1.82, 2.24) is 4.90 Å². The van der Waals surface area contributed by atoms with Gasteiger partial charge in [0.15, 0.2) is 6.61 Å². The number of halogens is 1. The number of nitrogens with zero attached hydrogens (tertiary/aromatic N) is 2. The third kappa shape index (κ3) is 6.35. The normalized spacial score (nSPS) is 25.9. The van der Waals surface area contributed by atoms with Crippen molar-refractivity contribution in [3.05, 3.63) is 46.5 Å². The van der Waals surface area contributed by atoms with Gasteiger partial charge >= 0.3 is 5.97 Å². The molecule has 35 heavy (non-hydrogen) atoms. The number of esters is 1. The third-order valence-electron chi connectivity index (χ3n) is 6.16. The fraction of sp³-hybridized carbons (Fsp3) is 0.480. The van der Waals surface area contributed by atoms with Crippen molar-refractivity contribution in [3.63, 3.8) is 0 Å². The van der Waals surface area contributed by atoms with Gasteiger partial charge in [-0.25, -0.2) is 4.79 Å². The van der Waals surface area contributed by atoms with E-state index >= 15 is 0 Å². The molecule has 4 rings (SSSR count). The van der Waals surface area contributed by atoms with Gasteiger partial charge < -0.3 is 29.4 Å². The number of oxime groups is 1. The molecule has 3 heterocycles. The number of epoxide rings is 1. The standard InChI is InChI=1S/C25H29ClN2O7/c1-15-11-21-20(35-21)8-4-3-7-16(27-33-14-22(31)28-9-5-2-6-10-28)12-17-23(25(32)34-15)18(29)13-19(30)24(17)26/h3-4,7-8,13,15,20-21,29-30H,2,5-6,9-12,14H2,1H3. The lowest BCUT2D eigenvalue weighted by molar-refractivity contribution is -0.137. The van der Waals surface area contributed by atoms with Crippen molar-refractivity contribution < 1.29 is 34.1 Å². The van der Waals surface area contributed by atoms with Gasteiger partial charge in [0.05, 0.1) is 16.8 Å². The molecule has 0 saturated carbocycles. The maximum absolute atomic E-state index is 13.0. The predicted octanol–water partition coefficient (Wildman–Crippen LogP) is 3.51. The van der Waals surface area contributed by atoms with Crippen LogP contribution in [0.15, 0.2) is 35.5 Å². The highest BCUT2D eigenvalue weighted by atomic mass is 35.5. The van der Waals surface area contributed by atoms with Crippen LogP contribution >= 0.6 is 11.6 Å². The molecule has 9 nitrogen and oxygen atoms in total. The molecule has 0 spiro atoms. The van der Waals surface area contributed by atoms with E-state index in [1.54, 1.807) is 24.0 Å². The summed E-state index contributed by atoms with van der Waals surface area (Å²) in [6.45, 7) is 2.92. The highest BCUT2D eigenvalue weighted by molar-refractivity contribution is 6.33. The summed E-state index contributed by atoms with van der Waals surface area (Å²) in [4.78, 5) is 32.5. The maximum atomic E-state index is 13.0. The average Bonchev–Trinajstić information content (AvgIpc) is 3.56. The van der Waals surface area contributed by atoms with E-state index in [4.69, 9.17) is 25.9 Å². The number of hydrogen-bond acceptors (Lipinski definition) is 8. The number of fused-ring (bicyclic) bond motifs is 2. The molecule has 3 unspecified atom stereocenters. The molecule has 0 aliphatic carbocycles. The Morgan fingerprint density at radius 1 is 1.23 bits per heavy atom. The number of likely N-dealkylation sites (tertiary alicyclic amines) is 1. The summed E-state index contributed by atoms with van der Waals surface area (Å²) in [6, 6.07) is 0.999. The number of phenolic OH excluding ortho intramolecular Hbond substituents is 2. The number of hydrogen-bond donors (Lipinski definition) is 2. The van der Waals surface area contributed by atoms with Crippen LogP contribution in [0.5, 0.6) is 11.5 Å². The fourth-order valence-electron chi connectivity index (χ4n) is 4.26. The highest BCUT2D eigenvalue weighted by Crippen LogP contribution is 2.38. The van der Waals surface area contributed by atoms with Crippen molar-refractivity contribution in [1.29, 1.82) is 0 Å². The summed E-state index contributed by atoms with van der Waals surface area (Å²) in [5.41, 5.74) is 0.295. The second-order valence-electron chi connectivity index (χ2n) is 8.89. The van der Waals surface area contributed by atoms with E-state index in [1.807, 2.05) is 12.2 Å². The predicted molar refractivity (Wildman–Crippen MR) is 129 cm³/mol. The Morgan fingerprint density at radius 2 is 2.00 bits per heavy atom. The molecule has 0 radical (unpaired) electrons. The molecule has 1 aromatic carbocycles. The zero-order valence-corrected chi connectivity index (χ0v) is 20.2. The number of benzene rings is 1. The van der Waals surface area contributed by atoms with E-state index in [0.717, 1.165) is 25.3 Å². The average molecular weight is 505 g/mol. The monoisotopic (exact) mass is 504 g/mol. The molecule has 0 bridgehead atoms. The topological polar surface area (TPSA) is 121 Å². The first-order valence-electron chi connectivity index (χ1n) is 11.7. The van der Waals surface area contributed by atoms with Crippen molar-refractivity contribution in [2.24, 2.45) is 5.16 Å². The van der Waals surface area contributed by atoms with Crippen LogP contribution in [0.25, 0.3) is 0 Å². The van der Waals surface area contributed by atoms with Crippen molar-refractivity contribution in [3.8, 4) is 11.5 Å². The fourth-order valence-corrected chi connectivity index (χ4v) is 4.47. The lowest BCUT2D eigenvalue weighted by Gasteiger charge is -2.26. The van der Waals surface area contributed by atoms with Gasteiger partial charge in [0.2, 0.25) is 0 Å². The summed E-state index contributed by atoms with van der Waals surface area (Å²) in [5.74, 6) is -1.78. The molecule has 188 valence electrons. The molecule has 2 saturated heterocycles. The van der Waals surface area contributed by atoms with Crippen molar-refractivity contribution >= 4 is 29.2 Å². The quantitative estimate of drug-likeness (QED) is 0.367. The lowest BCUT2D eigenvalue weighted by Crippen LogP contribution is -2.37. The van der Waals surface area contributed by atoms with Gasteiger partial charge in [-0.3, -0.25) is 4.79 Å². The van der Waals surface area contributed by atoms with Crippen LogP contribution in [-0.2, 0) is 25.5 Å². The Kier molecular flexibility index (Phi) is 7.97. The maximum Gasteiger partial charge on any atom is 0.342 e. The Labute approximate surface area is 208 Å². The summed E-state index contributed by atoms with van der Waals surface area (Å²) < 4.78 is 11.1. The minimum atomic E-state index is -0.777. The van der Waals surface area contributed by atoms with Crippen LogP contribution in [0.1, 0.15) is 48.5 Å². The first kappa shape index (κ1) is 25.1. The van der Waals surface area contributed by atoms with Crippen LogP contribution in [0.2, 0.25) is 5.02 Å². The van der Waals surface area contributed by atoms with E-state index in [0.29, 0.717) is 25.2 Å². The van der Waals surface area contributed by atoms with E-state index in [2.05, 4.69) is 5.16 Å². The Hall–Kier alpha value is -3.04. The Morgan fingerprint density at radius 3 is 2.77 bits per heavy atom. The third-order valence-corrected chi connectivity index (χ3v) is 6.58. The molecule has 2 fully saturated rings. The van der Waals surface area contributed by atoms with Crippen LogP contribution in [0.4, 0.5) is 0 Å². The lowest BCUT2D eigenvalue weighted by atomic mass is 9.99. The highest BCUT2D eigenvalue weighted by Gasteiger charge is 2.38. The van der Waals surface area contributed by atoms with Gasteiger partial charge in [-0.1, -0.05) is 35.0 Å². The number of phenols is 2. The first-order valence-corrected chi connectivity index (χ1v) is 12.1. The number of cyclic esters (lactones) is 1. The van der Waals surface area contributed by atoms with E-state index < -0.39 is 17.8 Å². The van der Waals surface area contributed by atoms with Crippen LogP contribution < -0.4 is 0 Å². The number of allylic oxidation sites excluding steroid dienone is 3. The number of rotatable bonds is 3. The molecule has 1 amide bonds. The molecular formula is C25H29ClN2O7. The molecule has 10 heteroatoms. The van der Waals surface area contributed by atoms with Crippen LogP contribution in [0, 0.1) is 0 Å². The number of amides is 1. The SMILES string of the molecule is CC1CC2OC2C=CC=CC(=NOCC(=O)N2CCCCC2)Cc2c(Cl)c(O)cc(O)c2C(=O)O1. The summed E-state index contributed by atoms with van der Waals surface area (Å²) in [5, 5.41) is 24.6. The number of piperidine rings is 1. The molecular weight excluding hydrogens is 476 g/mol. The smallest absolute Gasteiger partial charge is 0.342 e. The van der Waals surface area contributed by atoms with E-state index in [-0.39, 0.29) is 53.0 Å². The van der Waals surface area contributed by atoms with Crippen LogP contribution in [0.3, 0.4) is 0 Å². The Balaban J connectivity index is 1.61. The molecule has 3 atom stereocenters. The minimum absolute atomic E-state index is 0.0651. The van der Waals surface area contributed by atoms with Gasteiger partial charge in [-0.05, 0) is 37.8 Å². The number of aromatic hydroxyl groups is 2. The summed E-state index contributed by atoms with van der Waals surface area (Å²) >= 11 is 6.33. The van der Waals surface area contributed by atoms with Gasteiger partial charge in [-0.15, -0.1) is 0 Å². The second-order valence-corrected chi connectivity index (χ2v) is 9.27. The number of carbonyl (C=O) groups is 2. The van der Waals surface area contributed by atoms with E-state index in [1.165, 1.54) is 0 Å². The number of ether oxygens (including phenoxy) is 2. The summed E-state index contributed by atoms with van der Waals surface area (Å²) in [6.07, 6.45) is 9.94. The van der Waals surface area contributed by atoms with E-state index in [9.17, 15) is 19.8 Å². The van der Waals surface area contributed by atoms with Gasteiger partial charge in [0.25, 0.3) is 5.91 Å². The molecule has 3 aliphatic heterocycles. The van der Waals surface area contributed by atoms with Gasteiger partial charge in [0, 0.05) is 32.0 Å². The van der Waals surface area contributed by atoms with Gasteiger partial charge in [-0.2, -0.15) is 0 Å².